The van der Waals surface area contributed by atoms with Gasteiger partial charge in [-0.05, 0) is 43.0 Å². The van der Waals surface area contributed by atoms with E-state index in [9.17, 15) is 0 Å². The number of methoxy groups -OCH3 is 1. The third kappa shape index (κ3) is 3.38. The smallest absolute Gasteiger partial charge is 0.170 e. The van der Waals surface area contributed by atoms with Crippen molar-refractivity contribution in [3.05, 3.63) is 29.3 Å². The van der Waals surface area contributed by atoms with Crippen LogP contribution >= 0.6 is 0 Å². The van der Waals surface area contributed by atoms with E-state index in [0.29, 0.717) is 5.56 Å². The minimum absolute atomic E-state index is 0.111. The van der Waals surface area contributed by atoms with Gasteiger partial charge >= 0.3 is 0 Å². The molecule has 0 spiro atoms. The van der Waals surface area contributed by atoms with Gasteiger partial charge in [-0.2, -0.15) is 0 Å². The van der Waals surface area contributed by atoms with Crippen LogP contribution in [-0.2, 0) is 6.54 Å². The Morgan fingerprint density at radius 2 is 2.32 bits per heavy atom. The molecule has 1 fully saturated rings. The summed E-state index contributed by atoms with van der Waals surface area (Å²) in [6.07, 6.45) is 1.31. The molecule has 1 aromatic carbocycles. The molecule has 2 atom stereocenters. The van der Waals surface area contributed by atoms with Crippen LogP contribution < -0.4 is 15.8 Å². The molecular formula is C14H21N3O2. The molecule has 4 N–H and O–H groups in total. The molecule has 0 aromatic heterocycles. The summed E-state index contributed by atoms with van der Waals surface area (Å²) >= 11 is 0. The summed E-state index contributed by atoms with van der Waals surface area (Å²) in [7, 11) is 1.64. The summed E-state index contributed by atoms with van der Waals surface area (Å²) in [6, 6.07) is 5.50. The van der Waals surface area contributed by atoms with Gasteiger partial charge in [-0.25, -0.2) is 0 Å². The zero-order chi connectivity index (χ0) is 13.8. The van der Waals surface area contributed by atoms with Crippen LogP contribution in [0.1, 0.15) is 24.5 Å². The number of ether oxygens (including phenoxy) is 1. The predicted molar refractivity (Wildman–Crippen MR) is 74.5 cm³/mol. The van der Waals surface area contributed by atoms with Crippen molar-refractivity contribution in [1.29, 1.82) is 0 Å². The summed E-state index contributed by atoms with van der Waals surface area (Å²) in [5.74, 6) is 2.57. The molecule has 5 nitrogen and oxygen atoms in total. The first-order valence-electron chi connectivity index (χ1n) is 6.51. The molecule has 2 rings (SSSR count). The lowest BCUT2D eigenvalue weighted by Gasteiger charge is -2.11. The molecule has 2 unspecified atom stereocenters. The van der Waals surface area contributed by atoms with E-state index < -0.39 is 0 Å². The van der Waals surface area contributed by atoms with Crippen molar-refractivity contribution >= 4 is 5.84 Å². The molecular weight excluding hydrogens is 242 g/mol. The van der Waals surface area contributed by atoms with E-state index in [-0.39, 0.29) is 5.84 Å². The molecule has 1 aromatic rings. The topological polar surface area (TPSA) is 79.9 Å². The van der Waals surface area contributed by atoms with Gasteiger partial charge in [-0.1, -0.05) is 12.1 Å². The van der Waals surface area contributed by atoms with Gasteiger partial charge in [0.25, 0.3) is 0 Å². The summed E-state index contributed by atoms with van der Waals surface area (Å²) in [6.45, 7) is 4.02. The fourth-order valence-corrected chi connectivity index (χ4v) is 2.21. The number of hydrogen-bond acceptors (Lipinski definition) is 4. The van der Waals surface area contributed by atoms with Crippen LogP contribution in [-0.4, -0.2) is 24.7 Å². The Morgan fingerprint density at radius 3 is 2.89 bits per heavy atom. The first-order chi connectivity index (χ1) is 9.15. The van der Waals surface area contributed by atoms with Crippen LogP contribution in [0.4, 0.5) is 0 Å². The van der Waals surface area contributed by atoms with Crippen LogP contribution in [0.3, 0.4) is 0 Å². The zero-order valence-corrected chi connectivity index (χ0v) is 11.4. The van der Waals surface area contributed by atoms with E-state index in [1.807, 2.05) is 12.1 Å². The van der Waals surface area contributed by atoms with Crippen molar-refractivity contribution < 1.29 is 9.94 Å². The van der Waals surface area contributed by atoms with Crippen molar-refractivity contribution in [2.45, 2.75) is 19.9 Å². The first kappa shape index (κ1) is 13.7. The lowest BCUT2D eigenvalue weighted by atomic mass is 10.1. The normalized spacial score (nSPS) is 22.3. The van der Waals surface area contributed by atoms with Gasteiger partial charge in [-0.15, -0.1) is 0 Å². The van der Waals surface area contributed by atoms with Gasteiger partial charge < -0.3 is 21.0 Å². The molecule has 19 heavy (non-hydrogen) atoms. The number of nitrogens with two attached hydrogens (primary N) is 1. The van der Waals surface area contributed by atoms with E-state index in [0.717, 1.165) is 36.2 Å². The van der Waals surface area contributed by atoms with Crippen molar-refractivity contribution in [1.82, 2.24) is 5.32 Å². The maximum Gasteiger partial charge on any atom is 0.170 e. The molecule has 1 aliphatic rings. The Morgan fingerprint density at radius 1 is 1.58 bits per heavy atom. The van der Waals surface area contributed by atoms with E-state index in [1.54, 1.807) is 13.2 Å². The van der Waals surface area contributed by atoms with Crippen LogP contribution in [0.2, 0.25) is 0 Å². The van der Waals surface area contributed by atoms with Gasteiger partial charge in [0, 0.05) is 17.7 Å². The second kappa shape index (κ2) is 5.93. The Balaban J connectivity index is 2.03. The largest absolute Gasteiger partial charge is 0.496 e. The molecule has 0 amide bonds. The molecule has 0 saturated heterocycles. The Bertz CT molecular complexity index is 474. The van der Waals surface area contributed by atoms with Crippen LogP contribution in [0.15, 0.2) is 23.4 Å². The average Bonchev–Trinajstić information content (AvgIpc) is 3.13. The SMILES string of the molecule is COc1ccc(/C(N)=N/O)cc1CNCC1CC1C. The third-order valence-electron chi connectivity index (χ3n) is 3.68. The minimum atomic E-state index is 0.111. The summed E-state index contributed by atoms with van der Waals surface area (Å²) < 4.78 is 5.32. The lowest BCUT2D eigenvalue weighted by Crippen LogP contribution is -2.18. The van der Waals surface area contributed by atoms with Crippen molar-refractivity contribution in [3.63, 3.8) is 0 Å². The second-order valence-corrected chi connectivity index (χ2v) is 5.12. The quantitative estimate of drug-likeness (QED) is 0.315. The zero-order valence-electron chi connectivity index (χ0n) is 11.4. The Hall–Kier alpha value is -1.75. The van der Waals surface area contributed by atoms with Gasteiger partial charge in [0.05, 0.1) is 7.11 Å². The predicted octanol–water partition coefficient (Wildman–Crippen LogP) is 1.54. The fraction of sp³-hybridized carbons (Fsp3) is 0.500. The minimum Gasteiger partial charge on any atom is -0.496 e. The lowest BCUT2D eigenvalue weighted by molar-refractivity contribution is 0.318. The summed E-state index contributed by atoms with van der Waals surface area (Å²) in [5.41, 5.74) is 7.31. The summed E-state index contributed by atoms with van der Waals surface area (Å²) in [5, 5.41) is 15.2. The molecule has 104 valence electrons. The third-order valence-corrected chi connectivity index (χ3v) is 3.68. The highest BCUT2D eigenvalue weighted by Crippen LogP contribution is 2.36. The van der Waals surface area contributed by atoms with E-state index in [4.69, 9.17) is 15.7 Å². The molecule has 1 aliphatic carbocycles. The van der Waals surface area contributed by atoms with Crippen molar-refractivity contribution in [2.75, 3.05) is 13.7 Å². The van der Waals surface area contributed by atoms with Gasteiger partial charge in [-0.3, -0.25) is 0 Å². The molecule has 0 aliphatic heterocycles. The van der Waals surface area contributed by atoms with Gasteiger partial charge in [0.2, 0.25) is 0 Å². The summed E-state index contributed by atoms with van der Waals surface area (Å²) in [4.78, 5) is 0. The van der Waals surface area contributed by atoms with Crippen LogP contribution in [0.5, 0.6) is 5.75 Å². The van der Waals surface area contributed by atoms with E-state index in [1.165, 1.54) is 6.42 Å². The highest BCUT2D eigenvalue weighted by Gasteiger charge is 2.31. The molecule has 5 heteroatoms. The molecule has 0 radical (unpaired) electrons. The number of rotatable bonds is 6. The number of benzene rings is 1. The first-order valence-corrected chi connectivity index (χ1v) is 6.51. The maximum absolute atomic E-state index is 8.71. The highest BCUT2D eigenvalue weighted by molar-refractivity contribution is 5.97. The average molecular weight is 263 g/mol. The van der Waals surface area contributed by atoms with Crippen LogP contribution in [0.25, 0.3) is 0 Å². The number of nitrogens with one attached hydrogen (secondary N) is 1. The van der Waals surface area contributed by atoms with Crippen molar-refractivity contribution in [2.24, 2.45) is 22.7 Å². The van der Waals surface area contributed by atoms with Crippen molar-refractivity contribution in [3.8, 4) is 5.75 Å². The molecule has 0 bridgehead atoms. The molecule has 1 saturated carbocycles. The fourth-order valence-electron chi connectivity index (χ4n) is 2.21. The Labute approximate surface area is 113 Å². The highest BCUT2D eigenvalue weighted by atomic mass is 16.5. The number of amidine groups is 1. The number of nitrogens with zero attached hydrogens (tertiary/aromatic N) is 1. The molecule has 0 heterocycles. The maximum atomic E-state index is 8.71. The monoisotopic (exact) mass is 263 g/mol. The Kier molecular flexibility index (Phi) is 4.27. The standard InChI is InChI=1S/C14H21N3O2/c1-9-5-11(9)7-16-8-12-6-10(14(15)17-18)3-4-13(12)19-2/h3-4,6,9,11,16,18H,5,7-8H2,1-2H3,(H2,15,17). The van der Waals surface area contributed by atoms with E-state index >= 15 is 0 Å². The van der Waals surface area contributed by atoms with E-state index in [2.05, 4.69) is 17.4 Å². The van der Waals surface area contributed by atoms with Gasteiger partial charge in [0.1, 0.15) is 5.75 Å². The number of oxime groups is 1. The van der Waals surface area contributed by atoms with Crippen LogP contribution in [0, 0.1) is 11.8 Å². The number of hydrogen-bond donors (Lipinski definition) is 3. The van der Waals surface area contributed by atoms with Gasteiger partial charge in [0.15, 0.2) is 5.84 Å². The second-order valence-electron chi connectivity index (χ2n) is 5.12.